The number of alkyl halides is 2. The molecule has 0 aliphatic carbocycles. The minimum atomic E-state index is -0.654. The number of halogens is 2. The van der Waals surface area contributed by atoms with Crippen molar-refractivity contribution in [2.24, 2.45) is 0 Å². The van der Waals surface area contributed by atoms with Gasteiger partial charge in [-0.3, -0.25) is 0 Å². The number of rotatable bonds is 3. The fourth-order valence-corrected chi connectivity index (χ4v) is 1.74. The van der Waals surface area contributed by atoms with Crippen LogP contribution >= 0.6 is 31.9 Å². The number of methoxy groups -OCH3 is 1. The van der Waals surface area contributed by atoms with E-state index in [1.807, 2.05) is 24.3 Å². The fraction of sp³-hybridized carbons (Fsp3) is 0.300. The molecule has 0 saturated carbocycles. The highest BCUT2D eigenvalue weighted by Crippen LogP contribution is 2.33. The van der Waals surface area contributed by atoms with Crippen LogP contribution in [-0.4, -0.2) is 12.4 Å². The number of ether oxygens (including phenoxy) is 1. The first-order chi connectivity index (χ1) is 6.66. The Morgan fingerprint density at radius 3 is 2.36 bits per heavy atom. The van der Waals surface area contributed by atoms with E-state index < -0.39 is 4.32 Å². The summed E-state index contributed by atoms with van der Waals surface area (Å²) in [6, 6.07) is 9.63. The Kier molecular flexibility index (Phi) is 3.97. The van der Waals surface area contributed by atoms with Crippen molar-refractivity contribution in [1.29, 1.82) is 5.26 Å². The molecule has 0 amide bonds. The molecule has 0 heterocycles. The van der Waals surface area contributed by atoms with Gasteiger partial charge in [-0.15, -0.1) is 0 Å². The predicted molar refractivity (Wildman–Crippen MR) is 63.0 cm³/mol. The lowest BCUT2D eigenvalue weighted by Crippen LogP contribution is -2.16. The smallest absolute Gasteiger partial charge is 0.146 e. The van der Waals surface area contributed by atoms with Crippen LogP contribution in [-0.2, 0) is 4.32 Å². The molecule has 0 bridgehead atoms. The molecule has 2 nitrogen and oxygen atoms in total. The van der Waals surface area contributed by atoms with Gasteiger partial charge in [-0.2, -0.15) is 5.26 Å². The number of nitriles is 1. The first-order valence-corrected chi connectivity index (χ1v) is 5.88. The molecular weight excluding hydrogens is 310 g/mol. The summed E-state index contributed by atoms with van der Waals surface area (Å²) in [4.78, 5) is 0. The highest BCUT2D eigenvalue weighted by atomic mass is 79.9. The lowest BCUT2D eigenvalue weighted by molar-refractivity contribution is 0.414. The van der Waals surface area contributed by atoms with Crippen LogP contribution in [0.1, 0.15) is 5.56 Å². The van der Waals surface area contributed by atoms with Gasteiger partial charge in [0.25, 0.3) is 0 Å². The number of hydrogen-bond acceptors (Lipinski definition) is 2. The van der Waals surface area contributed by atoms with E-state index in [-0.39, 0.29) is 0 Å². The van der Waals surface area contributed by atoms with Crippen molar-refractivity contribution >= 4 is 31.9 Å². The van der Waals surface area contributed by atoms with Crippen LogP contribution in [0.4, 0.5) is 0 Å². The highest BCUT2D eigenvalue weighted by Gasteiger charge is 2.27. The van der Waals surface area contributed by atoms with Crippen molar-refractivity contribution in [3.8, 4) is 11.8 Å². The third kappa shape index (κ3) is 2.28. The topological polar surface area (TPSA) is 33.0 Å². The summed E-state index contributed by atoms with van der Waals surface area (Å²) in [5, 5.41) is 9.55. The lowest BCUT2D eigenvalue weighted by atomic mass is 10.0. The second-order valence-electron chi connectivity index (χ2n) is 2.78. The second-order valence-corrected chi connectivity index (χ2v) is 4.69. The Labute approximate surface area is 100 Å². The van der Waals surface area contributed by atoms with E-state index in [4.69, 9.17) is 10.00 Å². The molecule has 0 aliphatic rings. The zero-order valence-electron chi connectivity index (χ0n) is 7.63. The van der Waals surface area contributed by atoms with Gasteiger partial charge in [-0.1, -0.05) is 44.0 Å². The van der Waals surface area contributed by atoms with Crippen LogP contribution in [0.5, 0.6) is 5.75 Å². The van der Waals surface area contributed by atoms with E-state index in [9.17, 15) is 0 Å². The average molecular weight is 319 g/mol. The van der Waals surface area contributed by atoms with Crippen molar-refractivity contribution in [2.75, 3.05) is 12.4 Å². The Morgan fingerprint density at radius 1 is 1.43 bits per heavy atom. The molecule has 0 aliphatic heterocycles. The fourth-order valence-electron chi connectivity index (χ4n) is 1.03. The zero-order chi connectivity index (χ0) is 10.6. The van der Waals surface area contributed by atoms with Gasteiger partial charge in [-0.05, 0) is 17.7 Å². The largest absolute Gasteiger partial charge is 0.497 e. The molecule has 0 fully saturated rings. The molecule has 0 aromatic heterocycles. The second kappa shape index (κ2) is 4.81. The number of benzene rings is 1. The van der Waals surface area contributed by atoms with Gasteiger partial charge in [0.1, 0.15) is 10.1 Å². The minimum Gasteiger partial charge on any atom is -0.497 e. The summed E-state index contributed by atoms with van der Waals surface area (Å²) in [6.07, 6.45) is 0. The molecule has 74 valence electrons. The first kappa shape index (κ1) is 11.5. The van der Waals surface area contributed by atoms with Crippen LogP contribution < -0.4 is 4.74 Å². The molecule has 1 rings (SSSR count). The lowest BCUT2D eigenvalue weighted by Gasteiger charge is -2.16. The molecule has 14 heavy (non-hydrogen) atoms. The molecular formula is C10H9Br2NO. The molecule has 1 atom stereocenters. The average Bonchev–Trinajstić information content (AvgIpc) is 2.28. The molecule has 1 aromatic rings. The molecule has 0 radical (unpaired) electrons. The Hall–Kier alpha value is -0.530. The van der Waals surface area contributed by atoms with E-state index in [2.05, 4.69) is 37.9 Å². The first-order valence-electron chi connectivity index (χ1n) is 3.97. The van der Waals surface area contributed by atoms with Crippen molar-refractivity contribution < 1.29 is 4.74 Å². The maximum absolute atomic E-state index is 9.01. The summed E-state index contributed by atoms with van der Waals surface area (Å²) in [5.74, 6) is 0.788. The molecule has 0 spiro atoms. The summed E-state index contributed by atoms with van der Waals surface area (Å²) >= 11 is 6.69. The quantitative estimate of drug-likeness (QED) is 0.802. The van der Waals surface area contributed by atoms with Gasteiger partial charge in [0.2, 0.25) is 0 Å². The van der Waals surface area contributed by atoms with Crippen molar-refractivity contribution in [3.63, 3.8) is 0 Å². The van der Waals surface area contributed by atoms with Gasteiger partial charge in [0.05, 0.1) is 13.2 Å². The van der Waals surface area contributed by atoms with Crippen LogP contribution in [0, 0.1) is 11.3 Å². The maximum Gasteiger partial charge on any atom is 0.146 e. The van der Waals surface area contributed by atoms with Gasteiger partial charge >= 0.3 is 0 Å². The Bertz CT molecular complexity index is 344. The van der Waals surface area contributed by atoms with Gasteiger partial charge in [0, 0.05) is 5.33 Å². The zero-order valence-corrected chi connectivity index (χ0v) is 10.8. The molecule has 0 N–H and O–H groups in total. The van der Waals surface area contributed by atoms with Crippen molar-refractivity contribution in [2.45, 2.75) is 4.32 Å². The molecule has 4 heteroatoms. The monoisotopic (exact) mass is 317 g/mol. The normalized spacial score (nSPS) is 14.1. The van der Waals surface area contributed by atoms with Crippen molar-refractivity contribution in [1.82, 2.24) is 0 Å². The third-order valence-electron chi connectivity index (χ3n) is 1.91. The van der Waals surface area contributed by atoms with Crippen molar-refractivity contribution in [3.05, 3.63) is 29.8 Å². The van der Waals surface area contributed by atoms with Crippen LogP contribution in [0.15, 0.2) is 24.3 Å². The van der Waals surface area contributed by atoms with Gasteiger partial charge in [-0.25, -0.2) is 0 Å². The highest BCUT2D eigenvalue weighted by molar-refractivity contribution is 9.12. The van der Waals surface area contributed by atoms with E-state index in [0.29, 0.717) is 5.33 Å². The Balaban J connectivity index is 3.03. The van der Waals surface area contributed by atoms with E-state index in [1.165, 1.54) is 0 Å². The third-order valence-corrected chi connectivity index (χ3v) is 4.42. The molecule has 1 unspecified atom stereocenters. The SMILES string of the molecule is COc1ccc(C(Br)(C#N)CBr)cc1. The summed E-state index contributed by atoms with van der Waals surface area (Å²) < 4.78 is 4.39. The van der Waals surface area contributed by atoms with Crippen LogP contribution in [0.3, 0.4) is 0 Å². The molecule has 1 aromatic carbocycles. The predicted octanol–water partition coefficient (Wildman–Crippen LogP) is 3.20. The standard InChI is InChI=1S/C10H9Br2NO/c1-14-9-4-2-8(3-5-9)10(12,6-11)7-13/h2-5H,6H2,1H3. The van der Waals surface area contributed by atoms with E-state index >= 15 is 0 Å². The van der Waals surface area contributed by atoms with Crippen LogP contribution in [0.2, 0.25) is 0 Å². The van der Waals surface area contributed by atoms with E-state index in [0.717, 1.165) is 11.3 Å². The Morgan fingerprint density at radius 2 is 2.00 bits per heavy atom. The summed E-state index contributed by atoms with van der Waals surface area (Å²) in [6.45, 7) is 0. The summed E-state index contributed by atoms with van der Waals surface area (Å²) in [7, 11) is 1.62. The number of nitrogens with zero attached hydrogens (tertiary/aromatic N) is 1. The van der Waals surface area contributed by atoms with Gasteiger partial charge in [0.15, 0.2) is 0 Å². The summed E-state index contributed by atoms with van der Waals surface area (Å²) in [5.41, 5.74) is 0.915. The van der Waals surface area contributed by atoms with Gasteiger partial charge < -0.3 is 4.74 Å². The molecule has 0 saturated heterocycles. The van der Waals surface area contributed by atoms with Crippen LogP contribution in [0.25, 0.3) is 0 Å². The minimum absolute atomic E-state index is 0.544. The number of hydrogen-bond donors (Lipinski definition) is 0. The maximum atomic E-state index is 9.01. The van der Waals surface area contributed by atoms with E-state index in [1.54, 1.807) is 7.11 Å².